The summed E-state index contributed by atoms with van der Waals surface area (Å²) >= 11 is 1.55. The normalized spacial score (nSPS) is 21.7. The molecule has 17 heteroatoms. The fourth-order valence-corrected chi connectivity index (χ4v) is 9.69. The third kappa shape index (κ3) is 9.50. The molecule has 0 bridgehead atoms. The Hall–Kier alpha value is -6.20. The minimum Gasteiger partial charge on any atom is -0.484 e. The number of rotatable bonds is 13. The number of fused-ring (bicyclic) bond motifs is 1. The van der Waals surface area contributed by atoms with E-state index >= 15 is 0 Å². The highest BCUT2D eigenvalue weighted by Crippen LogP contribution is 2.36. The van der Waals surface area contributed by atoms with E-state index in [1.54, 1.807) is 56.7 Å². The van der Waals surface area contributed by atoms with Gasteiger partial charge in [0, 0.05) is 38.0 Å². The molecule has 0 aliphatic carbocycles. The molecule has 64 heavy (non-hydrogen) atoms. The van der Waals surface area contributed by atoms with Crippen LogP contribution in [0.4, 0.5) is 0 Å². The Morgan fingerprint density at radius 1 is 0.969 bits per heavy atom. The molecule has 5 heterocycles. The SMILES string of the molecule is Cc1ncsc1-c1ccc(CNC(=O)[C@@H]2C[C@@H](O)CN2C(=O)[C@@H](NC(=O)c2ccc(O[C@]3(C)C[C@@H](C(=O)O)N(C(=O)[C@H](C(C)C)N4Cc5ccccc5C4=O)C3)cn2)C(C)(C)C)cc1. The van der Waals surface area contributed by atoms with E-state index < -0.39 is 70.9 Å². The second-order valence-electron chi connectivity index (χ2n) is 18.6. The molecule has 0 unspecified atom stereocenters. The number of hydrogen-bond donors (Lipinski definition) is 4. The van der Waals surface area contributed by atoms with E-state index in [0.29, 0.717) is 5.56 Å². The minimum absolute atomic E-state index is 0.0329. The number of carboxylic acid groups (broad SMARTS) is 1. The number of nitrogens with one attached hydrogen (secondary N) is 2. The lowest BCUT2D eigenvalue weighted by atomic mass is 9.85. The Kier molecular flexibility index (Phi) is 13.0. The molecule has 2 aromatic heterocycles. The molecule has 0 saturated carbocycles. The summed E-state index contributed by atoms with van der Waals surface area (Å²) in [4.78, 5) is 95.5. The first-order valence-electron chi connectivity index (χ1n) is 21.4. The van der Waals surface area contributed by atoms with Crippen LogP contribution in [-0.4, -0.2) is 119 Å². The quantitative estimate of drug-likeness (QED) is 0.147. The van der Waals surface area contributed by atoms with E-state index in [2.05, 4.69) is 20.6 Å². The number of likely N-dealkylation sites (tertiary alicyclic amines) is 2. The van der Waals surface area contributed by atoms with E-state index in [1.807, 2.05) is 57.2 Å². The first kappa shape index (κ1) is 45.8. The van der Waals surface area contributed by atoms with Gasteiger partial charge in [-0.25, -0.2) is 14.8 Å². The van der Waals surface area contributed by atoms with Crippen molar-refractivity contribution >= 4 is 46.8 Å². The van der Waals surface area contributed by atoms with E-state index in [4.69, 9.17) is 4.74 Å². The number of β-amino-alcohol motifs (C(OH)–C–C–N with tert-alkyl or cyclic N) is 1. The van der Waals surface area contributed by atoms with Gasteiger partial charge in [-0.05, 0) is 60.1 Å². The number of nitrogens with zero attached hydrogens (tertiary/aromatic N) is 5. The molecular formula is C47H55N7O9S. The lowest BCUT2D eigenvalue weighted by molar-refractivity contribution is -0.150. The highest BCUT2D eigenvalue weighted by Gasteiger charge is 2.51. The fourth-order valence-electron chi connectivity index (χ4n) is 8.87. The molecule has 6 atom stereocenters. The number of aliphatic hydroxyl groups is 1. The largest absolute Gasteiger partial charge is 0.484 e. The van der Waals surface area contributed by atoms with Gasteiger partial charge in [0.05, 0.1) is 34.9 Å². The zero-order chi connectivity index (χ0) is 46.2. The van der Waals surface area contributed by atoms with Gasteiger partial charge in [-0.3, -0.25) is 24.0 Å². The topological polar surface area (TPSA) is 212 Å². The van der Waals surface area contributed by atoms with Gasteiger partial charge in [0.15, 0.2) is 0 Å². The Morgan fingerprint density at radius 3 is 2.30 bits per heavy atom. The summed E-state index contributed by atoms with van der Waals surface area (Å²) in [7, 11) is 0. The fraction of sp³-hybridized carbons (Fsp3) is 0.447. The number of amides is 5. The maximum absolute atomic E-state index is 14.2. The lowest BCUT2D eigenvalue weighted by Crippen LogP contribution is -2.57. The zero-order valence-corrected chi connectivity index (χ0v) is 37.8. The summed E-state index contributed by atoms with van der Waals surface area (Å²) in [5.74, 6) is -3.67. The lowest BCUT2D eigenvalue weighted by Gasteiger charge is -2.35. The van der Waals surface area contributed by atoms with Crippen LogP contribution in [0.1, 0.15) is 92.1 Å². The van der Waals surface area contributed by atoms with Gasteiger partial charge in [0.2, 0.25) is 17.7 Å². The molecule has 338 valence electrons. The average Bonchev–Trinajstić information content (AvgIpc) is 4.03. The minimum atomic E-state index is -1.22. The Balaban J connectivity index is 0.987. The van der Waals surface area contributed by atoms with Crippen LogP contribution in [0.2, 0.25) is 0 Å². The van der Waals surface area contributed by atoms with Crippen molar-refractivity contribution in [2.45, 2.75) is 110 Å². The summed E-state index contributed by atoms with van der Waals surface area (Å²) in [6.07, 6.45) is 0.374. The number of hydrogen-bond acceptors (Lipinski definition) is 11. The number of aliphatic carboxylic acids is 1. The van der Waals surface area contributed by atoms with Gasteiger partial charge >= 0.3 is 5.97 Å². The van der Waals surface area contributed by atoms with Crippen molar-refractivity contribution in [3.8, 4) is 16.2 Å². The van der Waals surface area contributed by atoms with Crippen molar-refractivity contribution in [3.63, 3.8) is 0 Å². The molecule has 16 nitrogen and oxygen atoms in total. The van der Waals surface area contributed by atoms with Crippen LogP contribution in [0.3, 0.4) is 0 Å². The number of aliphatic hydroxyl groups excluding tert-OH is 1. The third-order valence-electron chi connectivity index (χ3n) is 12.2. The van der Waals surface area contributed by atoms with Crippen LogP contribution in [0.15, 0.2) is 72.4 Å². The third-order valence-corrected chi connectivity index (χ3v) is 13.1. The molecule has 3 aliphatic heterocycles. The summed E-state index contributed by atoms with van der Waals surface area (Å²) in [6.45, 7) is 12.9. The zero-order valence-electron chi connectivity index (χ0n) is 37.0. The van der Waals surface area contributed by atoms with Gasteiger partial charge in [-0.1, -0.05) is 77.1 Å². The van der Waals surface area contributed by atoms with Crippen LogP contribution in [0.25, 0.3) is 10.4 Å². The Bertz CT molecular complexity index is 2430. The van der Waals surface area contributed by atoms with Crippen LogP contribution < -0.4 is 15.4 Å². The number of ether oxygens (including phenoxy) is 1. The molecule has 4 aromatic rings. The van der Waals surface area contributed by atoms with Crippen molar-refractivity contribution in [2.75, 3.05) is 13.1 Å². The molecule has 3 aliphatic rings. The predicted molar refractivity (Wildman–Crippen MR) is 237 cm³/mol. The maximum Gasteiger partial charge on any atom is 0.326 e. The number of benzene rings is 2. The number of aromatic nitrogens is 2. The molecular weight excluding hydrogens is 839 g/mol. The molecule has 4 N–H and O–H groups in total. The van der Waals surface area contributed by atoms with Crippen LogP contribution in [0, 0.1) is 18.3 Å². The summed E-state index contributed by atoms with van der Waals surface area (Å²) in [5, 5.41) is 26.6. The van der Waals surface area contributed by atoms with E-state index in [0.717, 1.165) is 27.3 Å². The monoisotopic (exact) mass is 893 g/mol. The van der Waals surface area contributed by atoms with Crippen molar-refractivity contribution < 1.29 is 43.7 Å². The van der Waals surface area contributed by atoms with E-state index in [-0.39, 0.29) is 62.3 Å². The molecule has 2 aromatic carbocycles. The van der Waals surface area contributed by atoms with Crippen LogP contribution in [-0.2, 0) is 32.3 Å². The number of pyridine rings is 1. The summed E-state index contributed by atoms with van der Waals surface area (Å²) in [6, 6.07) is 13.7. The van der Waals surface area contributed by atoms with Gasteiger partial charge in [-0.2, -0.15) is 0 Å². The molecule has 0 spiro atoms. The molecule has 2 fully saturated rings. The highest BCUT2D eigenvalue weighted by molar-refractivity contribution is 7.13. The number of aryl methyl sites for hydroxylation is 1. The van der Waals surface area contributed by atoms with E-state index in [1.165, 1.54) is 33.0 Å². The van der Waals surface area contributed by atoms with Gasteiger partial charge < -0.3 is 40.3 Å². The standard InChI is InChI=1S/C47H55N7O9S/c1-26(2)37(53-22-30-10-8-9-11-33(30)42(53)58)43(59)54-24-47(7,19-36(54)45(61)62)63-32-16-17-34(48-21-32)40(56)51-39(46(4,5)6)44(60)52-23-31(55)18-35(52)41(57)49-20-28-12-14-29(15-13-28)38-27(3)50-25-64-38/h8-17,21,25-26,31,35-37,39,55H,18-20,22-24H2,1-7H3,(H,49,57)(H,51,56)(H,61,62)/t31-,35+,36+,37+,39-,47-/m1/s1. The number of carbonyl (C=O) groups excluding carboxylic acids is 5. The Labute approximate surface area is 376 Å². The Morgan fingerprint density at radius 2 is 1.69 bits per heavy atom. The van der Waals surface area contributed by atoms with Crippen molar-refractivity contribution in [1.82, 2.24) is 35.3 Å². The second kappa shape index (κ2) is 18.1. The molecule has 5 amide bonds. The van der Waals surface area contributed by atoms with Gasteiger partial charge in [0.1, 0.15) is 41.2 Å². The predicted octanol–water partition coefficient (Wildman–Crippen LogP) is 4.44. The molecule has 0 radical (unpaired) electrons. The van der Waals surface area contributed by atoms with E-state index in [9.17, 15) is 39.0 Å². The van der Waals surface area contributed by atoms with Gasteiger partial charge in [0.25, 0.3) is 11.8 Å². The second-order valence-corrected chi connectivity index (χ2v) is 19.4. The van der Waals surface area contributed by atoms with Crippen LogP contribution in [0.5, 0.6) is 5.75 Å². The van der Waals surface area contributed by atoms with Crippen molar-refractivity contribution in [3.05, 3.63) is 100 Å². The van der Waals surface area contributed by atoms with Gasteiger partial charge in [-0.15, -0.1) is 11.3 Å². The summed E-state index contributed by atoms with van der Waals surface area (Å²) in [5.41, 5.74) is 3.93. The smallest absolute Gasteiger partial charge is 0.326 e. The average molecular weight is 894 g/mol. The number of carbonyl (C=O) groups is 6. The molecule has 7 rings (SSSR count). The van der Waals surface area contributed by atoms with Crippen LogP contribution >= 0.6 is 11.3 Å². The van der Waals surface area contributed by atoms with Crippen molar-refractivity contribution in [1.29, 1.82) is 0 Å². The maximum atomic E-state index is 14.2. The number of thiazole rings is 1. The number of carboxylic acids is 1. The van der Waals surface area contributed by atoms with Crippen molar-refractivity contribution in [2.24, 2.45) is 11.3 Å². The first-order chi connectivity index (χ1) is 30.2. The highest BCUT2D eigenvalue weighted by atomic mass is 32.1. The summed E-state index contributed by atoms with van der Waals surface area (Å²) < 4.78 is 6.30. The molecule has 2 saturated heterocycles. The first-order valence-corrected chi connectivity index (χ1v) is 22.3.